The topological polar surface area (TPSA) is 69.9 Å². The third-order valence-corrected chi connectivity index (χ3v) is 3.12. The Kier molecular flexibility index (Phi) is 2.84. The van der Waals surface area contributed by atoms with Gasteiger partial charge in [0.2, 0.25) is 0 Å². The SMILES string of the molecule is O=C1C(C=Nc2ccc(O)cc2)=C(O)c2ccccc21. The second kappa shape index (κ2) is 4.66. The summed E-state index contributed by atoms with van der Waals surface area (Å²) in [7, 11) is 0. The number of ketones is 1. The average molecular weight is 265 g/mol. The summed E-state index contributed by atoms with van der Waals surface area (Å²) in [6.07, 6.45) is 1.35. The molecule has 0 unspecified atom stereocenters. The van der Waals surface area contributed by atoms with Crippen molar-refractivity contribution in [2.24, 2.45) is 4.99 Å². The van der Waals surface area contributed by atoms with Gasteiger partial charge in [-0.2, -0.15) is 0 Å². The van der Waals surface area contributed by atoms with Crippen LogP contribution in [-0.2, 0) is 0 Å². The van der Waals surface area contributed by atoms with Crippen LogP contribution in [0.4, 0.5) is 5.69 Å². The van der Waals surface area contributed by atoms with Crippen molar-refractivity contribution in [3.8, 4) is 5.75 Å². The number of aliphatic hydroxyl groups is 1. The highest BCUT2D eigenvalue weighted by Crippen LogP contribution is 2.30. The van der Waals surface area contributed by atoms with Crippen LogP contribution in [0.15, 0.2) is 59.1 Å². The minimum atomic E-state index is -0.236. The van der Waals surface area contributed by atoms with Gasteiger partial charge < -0.3 is 10.2 Å². The van der Waals surface area contributed by atoms with Gasteiger partial charge in [0.25, 0.3) is 0 Å². The number of phenolic OH excluding ortho intramolecular Hbond substituents is 1. The molecule has 4 heteroatoms. The summed E-state index contributed by atoms with van der Waals surface area (Å²) in [6, 6.07) is 13.1. The molecule has 1 aliphatic carbocycles. The Bertz CT molecular complexity index is 743. The van der Waals surface area contributed by atoms with E-state index in [1.54, 1.807) is 36.4 Å². The van der Waals surface area contributed by atoms with Crippen LogP contribution in [0.25, 0.3) is 5.76 Å². The molecule has 3 rings (SSSR count). The fourth-order valence-electron chi connectivity index (χ4n) is 2.08. The molecule has 0 atom stereocenters. The highest BCUT2D eigenvalue weighted by atomic mass is 16.3. The molecule has 2 aromatic rings. The van der Waals surface area contributed by atoms with Gasteiger partial charge >= 0.3 is 0 Å². The molecule has 0 aliphatic heterocycles. The Morgan fingerprint density at radius 1 is 0.900 bits per heavy atom. The Balaban J connectivity index is 1.94. The molecule has 4 nitrogen and oxygen atoms in total. The van der Waals surface area contributed by atoms with E-state index in [4.69, 9.17) is 0 Å². The Morgan fingerprint density at radius 2 is 1.55 bits per heavy atom. The van der Waals surface area contributed by atoms with Crippen molar-refractivity contribution in [2.75, 3.05) is 0 Å². The van der Waals surface area contributed by atoms with Crippen LogP contribution in [-0.4, -0.2) is 22.2 Å². The molecule has 0 radical (unpaired) electrons. The van der Waals surface area contributed by atoms with Gasteiger partial charge in [0.1, 0.15) is 11.5 Å². The molecule has 2 aromatic carbocycles. The minimum absolute atomic E-state index is 0.0480. The van der Waals surface area contributed by atoms with E-state index in [1.807, 2.05) is 0 Å². The fourth-order valence-corrected chi connectivity index (χ4v) is 2.08. The first-order valence-corrected chi connectivity index (χ1v) is 6.07. The molecule has 2 N–H and O–H groups in total. The predicted octanol–water partition coefficient (Wildman–Crippen LogP) is 3.26. The first-order chi connectivity index (χ1) is 9.66. The van der Waals surface area contributed by atoms with Crippen LogP contribution in [0.3, 0.4) is 0 Å². The van der Waals surface area contributed by atoms with Crippen LogP contribution in [0.2, 0.25) is 0 Å². The Hall–Kier alpha value is -2.88. The molecule has 98 valence electrons. The van der Waals surface area contributed by atoms with Crippen molar-refractivity contribution >= 4 is 23.4 Å². The number of aromatic hydroxyl groups is 1. The molecule has 0 bridgehead atoms. The number of carbonyl (C=O) groups is 1. The monoisotopic (exact) mass is 265 g/mol. The van der Waals surface area contributed by atoms with E-state index in [2.05, 4.69) is 4.99 Å². The highest BCUT2D eigenvalue weighted by Gasteiger charge is 2.27. The maximum absolute atomic E-state index is 12.1. The van der Waals surface area contributed by atoms with Crippen LogP contribution in [0, 0.1) is 0 Å². The van der Waals surface area contributed by atoms with E-state index in [1.165, 1.54) is 18.3 Å². The van der Waals surface area contributed by atoms with E-state index in [-0.39, 0.29) is 22.9 Å². The van der Waals surface area contributed by atoms with Crippen molar-refractivity contribution in [3.05, 3.63) is 65.2 Å². The van der Waals surface area contributed by atoms with Crippen LogP contribution in [0.5, 0.6) is 5.75 Å². The summed E-state index contributed by atoms with van der Waals surface area (Å²) < 4.78 is 0. The minimum Gasteiger partial charge on any atom is -0.508 e. The Labute approximate surface area is 115 Å². The molecular formula is C16H11NO3. The lowest BCUT2D eigenvalue weighted by Gasteiger charge is -1.95. The summed E-state index contributed by atoms with van der Waals surface area (Å²) in [5.74, 6) is -0.135. The van der Waals surface area contributed by atoms with Gasteiger partial charge in [0.05, 0.1) is 11.3 Å². The lowest BCUT2D eigenvalue weighted by molar-refractivity contribution is 0.104. The number of Topliss-reactive ketones (excluding diaryl/α,β-unsaturated/α-hetero) is 1. The molecule has 0 saturated heterocycles. The lowest BCUT2D eigenvalue weighted by Crippen LogP contribution is -1.99. The van der Waals surface area contributed by atoms with Crippen LogP contribution >= 0.6 is 0 Å². The number of fused-ring (bicyclic) bond motifs is 1. The number of hydrogen-bond donors (Lipinski definition) is 2. The summed E-state index contributed by atoms with van der Waals surface area (Å²) in [5, 5.41) is 19.2. The smallest absolute Gasteiger partial charge is 0.199 e. The molecule has 0 amide bonds. The van der Waals surface area contributed by atoms with Crippen LogP contribution in [0.1, 0.15) is 15.9 Å². The first-order valence-electron chi connectivity index (χ1n) is 6.07. The Morgan fingerprint density at radius 3 is 2.20 bits per heavy atom. The predicted molar refractivity (Wildman–Crippen MR) is 76.6 cm³/mol. The number of nitrogens with zero attached hydrogens (tertiary/aromatic N) is 1. The van der Waals surface area contributed by atoms with Crippen molar-refractivity contribution in [1.82, 2.24) is 0 Å². The number of benzene rings is 2. The number of hydrogen-bond acceptors (Lipinski definition) is 4. The summed E-state index contributed by atoms with van der Waals surface area (Å²) >= 11 is 0. The zero-order valence-corrected chi connectivity index (χ0v) is 10.4. The molecular weight excluding hydrogens is 254 g/mol. The van der Waals surface area contributed by atoms with E-state index in [0.29, 0.717) is 16.8 Å². The molecule has 0 aromatic heterocycles. The molecule has 0 spiro atoms. The van der Waals surface area contributed by atoms with Gasteiger partial charge in [-0.25, -0.2) is 0 Å². The number of phenols is 1. The van der Waals surface area contributed by atoms with E-state index < -0.39 is 0 Å². The van der Waals surface area contributed by atoms with Gasteiger partial charge in [-0.3, -0.25) is 9.79 Å². The summed E-state index contributed by atoms with van der Waals surface area (Å²) in [5.41, 5.74) is 1.79. The van der Waals surface area contributed by atoms with E-state index >= 15 is 0 Å². The maximum atomic E-state index is 12.1. The second-order valence-electron chi connectivity index (χ2n) is 4.41. The van der Waals surface area contributed by atoms with Crippen LogP contribution < -0.4 is 0 Å². The van der Waals surface area contributed by atoms with Crippen molar-refractivity contribution in [2.45, 2.75) is 0 Å². The van der Waals surface area contributed by atoms with E-state index in [0.717, 1.165) is 0 Å². The normalized spacial score (nSPS) is 14.1. The lowest BCUT2D eigenvalue weighted by atomic mass is 10.1. The van der Waals surface area contributed by atoms with Gasteiger partial charge in [0, 0.05) is 17.3 Å². The van der Waals surface area contributed by atoms with Crippen molar-refractivity contribution < 1.29 is 15.0 Å². The highest BCUT2D eigenvalue weighted by molar-refractivity contribution is 6.30. The van der Waals surface area contributed by atoms with Gasteiger partial charge in [-0.05, 0) is 24.3 Å². The third kappa shape index (κ3) is 1.97. The van der Waals surface area contributed by atoms with Crippen molar-refractivity contribution in [3.63, 3.8) is 0 Å². The number of allylic oxidation sites excluding steroid dienone is 1. The maximum Gasteiger partial charge on any atom is 0.199 e. The molecule has 1 aliphatic rings. The van der Waals surface area contributed by atoms with Gasteiger partial charge in [-0.15, -0.1) is 0 Å². The third-order valence-electron chi connectivity index (χ3n) is 3.12. The first kappa shape index (κ1) is 12.2. The number of carbonyl (C=O) groups excluding carboxylic acids is 1. The van der Waals surface area contributed by atoms with Crippen molar-refractivity contribution in [1.29, 1.82) is 0 Å². The molecule has 0 saturated carbocycles. The summed E-state index contributed by atoms with van der Waals surface area (Å²) in [6.45, 7) is 0. The second-order valence-corrected chi connectivity index (χ2v) is 4.41. The summed E-state index contributed by atoms with van der Waals surface area (Å²) in [4.78, 5) is 16.3. The zero-order chi connectivity index (χ0) is 14.1. The molecule has 20 heavy (non-hydrogen) atoms. The average Bonchev–Trinajstić information content (AvgIpc) is 2.71. The van der Waals surface area contributed by atoms with Gasteiger partial charge in [-0.1, -0.05) is 24.3 Å². The number of aliphatic hydroxyl groups excluding tert-OH is 1. The largest absolute Gasteiger partial charge is 0.508 e. The molecule has 0 fully saturated rings. The number of aliphatic imine (C=N–C) groups is 1. The fraction of sp³-hybridized carbons (Fsp3) is 0. The molecule has 0 heterocycles. The standard InChI is InChI=1S/C16H11NO3/c18-11-7-5-10(6-8-11)17-9-14-15(19)12-3-1-2-4-13(12)16(14)20/h1-9,18-19H. The van der Waals surface area contributed by atoms with Gasteiger partial charge in [0.15, 0.2) is 5.78 Å². The zero-order valence-electron chi connectivity index (χ0n) is 10.4. The van der Waals surface area contributed by atoms with E-state index in [9.17, 15) is 15.0 Å². The number of rotatable bonds is 2. The quantitative estimate of drug-likeness (QED) is 0.819.